The first kappa shape index (κ1) is 25.8. The van der Waals surface area contributed by atoms with E-state index in [2.05, 4.69) is 4.40 Å². The van der Waals surface area contributed by atoms with E-state index in [9.17, 15) is 26.4 Å². The summed E-state index contributed by atoms with van der Waals surface area (Å²) in [5.74, 6) is -1.99. The molecular weight excluding hydrogens is 469 g/mol. The van der Waals surface area contributed by atoms with Crippen LogP contribution in [-0.2, 0) is 21.4 Å². The van der Waals surface area contributed by atoms with Crippen molar-refractivity contribution in [2.75, 3.05) is 32.7 Å². The van der Waals surface area contributed by atoms with Gasteiger partial charge in [0.05, 0.1) is 28.4 Å². The van der Waals surface area contributed by atoms with Crippen LogP contribution in [-0.4, -0.2) is 55.2 Å². The standard InChI is InChI=1S/C20H21F3N2O7S/c1-29-13-11-17(31-3)14(18(12-13)32-4)9-10-24-33(27,28)25(19(26)20(21,22)23)15-7-5-6-8-16(15)30-2/h5-8,10-12H,9H2,1-4H3. The number of carbonyl (C=O) groups excluding carboxylic acids is 1. The van der Waals surface area contributed by atoms with Gasteiger partial charge in [-0.05, 0) is 12.1 Å². The van der Waals surface area contributed by atoms with Gasteiger partial charge in [-0.25, -0.2) is 0 Å². The number of methoxy groups -OCH3 is 4. The Morgan fingerprint density at radius 1 is 0.970 bits per heavy atom. The molecule has 33 heavy (non-hydrogen) atoms. The van der Waals surface area contributed by atoms with Crippen LogP contribution in [0.2, 0.25) is 0 Å². The van der Waals surface area contributed by atoms with Crippen molar-refractivity contribution in [1.29, 1.82) is 0 Å². The van der Waals surface area contributed by atoms with E-state index in [1.54, 1.807) is 0 Å². The Morgan fingerprint density at radius 2 is 1.52 bits per heavy atom. The molecule has 0 aromatic heterocycles. The van der Waals surface area contributed by atoms with E-state index in [0.717, 1.165) is 19.4 Å². The van der Waals surface area contributed by atoms with Crippen molar-refractivity contribution in [3.05, 3.63) is 42.0 Å². The van der Waals surface area contributed by atoms with Gasteiger partial charge in [0.15, 0.2) is 0 Å². The summed E-state index contributed by atoms with van der Waals surface area (Å²) in [6, 6.07) is 7.86. The number of ether oxygens (including phenoxy) is 4. The quantitative estimate of drug-likeness (QED) is 0.498. The molecule has 0 aliphatic carbocycles. The van der Waals surface area contributed by atoms with Gasteiger partial charge in [0, 0.05) is 30.3 Å². The van der Waals surface area contributed by atoms with E-state index in [4.69, 9.17) is 18.9 Å². The monoisotopic (exact) mass is 490 g/mol. The minimum atomic E-state index is -5.49. The van der Waals surface area contributed by atoms with E-state index in [0.29, 0.717) is 11.3 Å². The highest BCUT2D eigenvalue weighted by Gasteiger charge is 2.48. The summed E-state index contributed by atoms with van der Waals surface area (Å²) < 4.78 is 88.5. The molecule has 0 unspecified atom stereocenters. The Bertz CT molecular complexity index is 1110. The smallest absolute Gasteiger partial charge is 0.472 e. The molecule has 0 heterocycles. The van der Waals surface area contributed by atoms with Gasteiger partial charge >= 0.3 is 22.3 Å². The predicted molar refractivity (Wildman–Crippen MR) is 114 cm³/mol. The molecule has 9 nitrogen and oxygen atoms in total. The number of halogens is 3. The highest BCUT2D eigenvalue weighted by Crippen LogP contribution is 2.35. The molecule has 0 aliphatic rings. The Labute approximate surface area is 188 Å². The lowest BCUT2D eigenvalue weighted by atomic mass is 10.1. The third-order valence-corrected chi connectivity index (χ3v) is 5.52. The SMILES string of the molecule is COc1cc(OC)c(CC=NS(=O)(=O)N(C(=O)C(F)(F)F)c2ccccc2OC)c(OC)c1. The van der Waals surface area contributed by atoms with Crippen LogP contribution >= 0.6 is 0 Å². The summed E-state index contributed by atoms with van der Waals surface area (Å²) in [6.07, 6.45) is -4.88. The first-order valence-electron chi connectivity index (χ1n) is 9.12. The molecule has 0 saturated heterocycles. The van der Waals surface area contributed by atoms with Crippen molar-refractivity contribution in [3.8, 4) is 23.0 Å². The van der Waals surface area contributed by atoms with Crippen LogP contribution in [0.25, 0.3) is 0 Å². The molecule has 0 atom stereocenters. The summed E-state index contributed by atoms with van der Waals surface area (Å²) in [5, 5.41) is 0. The molecule has 0 N–H and O–H groups in total. The molecule has 0 spiro atoms. The maximum Gasteiger partial charge on any atom is 0.472 e. The van der Waals surface area contributed by atoms with Gasteiger partial charge in [-0.3, -0.25) is 4.79 Å². The van der Waals surface area contributed by atoms with Crippen molar-refractivity contribution in [3.63, 3.8) is 0 Å². The second-order valence-electron chi connectivity index (χ2n) is 6.22. The number of para-hydroxylation sites is 2. The second kappa shape index (κ2) is 10.4. The van der Waals surface area contributed by atoms with Crippen molar-refractivity contribution < 1.29 is 45.3 Å². The van der Waals surface area contributed by atoms with Gasteiger partial charge in [0.2, 0.25) is 0 Å². The van der Waals surface area contributed by atoms with Gasteiger partial charge in [0.25, 0.3) is 0 Å². The van der Waals surface area contributed by atoms with E-state index in [1.807, 2.05) is 0 Å². The van der Waals surface area contributed by atoms with Crippen LogP contribution in [0.3, 0.4) is 0 Å². The number of hydrogen-bond donors (Lipinski definition) is 0. The summed E-state index contributed by atoms with van der Waals surface area (Å²) in [4.78, 5) is 12.0. The highest BCUT2D eigenvalue weighted by atomic mass is 32.2. The summed E-state index contributed by atoms with van der Waals surface area (Å²) in [6.45, 7) is 0. The molecule has 1 amide bonds. The van der Waals surface area contributed by atoms with E-state index < -0.39 is 32.3 Å². The maximum atomic E-state index is 13.2. The molecule has 2 aromatic carbocycles. The lowest BCUT2D eigenvalue weighted by molar-refractivity contribution is -0.169. The molecule has 0 radical (unpaired) electrons. The second-order valence-corrected chi connectivity index (χ2v) is 7.69. The van der Waals surface area contributed by atoms with Crippen molar-refractivity contribution in [1.82, 2.24) is 0 Å². The molecule has 0 bridgehead atoms. The topological polar surface area (TPSA) is 104 Å². The zero-order chi connectivity index (χ0) is 24.8. The Morgan fingerprint density at radius 3 is 2.00 bits per heavy atom. The summed E-state index contributed by atoms with van der Waals surface area (Å²) in [5.41, 5.74) is -0.287. The largest absolute Gasteiger partial charge is 0.496 e. The van der Waals surface area contributed by atoms with E-state index in [1.165, 1.54) is 51.7 Å². The molecule has 0 saturated carbocycles. The van der Waals surface area contributed by atoms with Crippen LogP contribution in [0.1, 0.15) is 5.56 Å². The lowest BCUT2D eigenvalue weighted by Crippen LogP contribution is -2.44. The molecule has 0 fully saturated rings. The fraction of sp³-hybridized carbons (Fsp3) is 0.300. The van der Waals surface area contributed by atoms with Crippen LogP contribution < -0.4 is 23.3 Å². The van der Waals surface area contributed by atoms with Gasteiger partial charge < -0.3 is 18.9 Å². The number of nitrogens with zero attached hydrogens (tertiary/aromatic N) is 2. The fourth-order valence-corrected chi connectivity index (χ4v) is 3.87. The number of carbonyl (C=O) groups is 1. The Balaban J connectivity index is 2.51. The van der Waals surface area contributed by atoms with Crippen molar-refractivity contribution >= 4 is 28.0 Å². The molecule has 2 rings (SSSR count). The van der Waals surface area contributed by atoms with E-state index >= 15 is 0 Å². The van der Waals surface area contributed by atoms with Crippen LogP contribution in [0.4, 0.5) is 18.9 Å². The fourth-order valence-electron chi connectivity index (χ4n) is 2.80. The molecule has 0 aliphatic heterocycles. The number of benzene rings is 2. The van der Waals surface area contributed by atoms with Crippen LogP contribution in [0, 0.1) is 0 Å². The minimum Gasteiger partial charge on any atom is -0.496 e. The first-order valence-corrected chi connectivity index (χ1v) is 10.5. The first-order chi connectivity index (χ1) is 15.5. The third kappa shape index (κ3) is 5.86. The number of amides is 1. The van der Waals surface area contributed by atoms with Gasteiger partial charge in [-0.15, -0.1) is 0 Å². The lowest BCUT2D eigenvalue weighted by Gasteiger charge is -2.22. The molecule has 13 heteroatoms. The third-order valence-electron chi connectivity index (χ3n) is 4.28. The van der Waals surface area contributed by atoms with Gasteiger partial charge in [-0.1, -0.05) is 12.1 Å². The van der Waals surface area contributed by atoms with Crippen LogP contribution in [0.15, 0.2) is 40.8 Å². The Kier molecular flexibility index (Phi) is 8.14. The van der Waals surface area contributed by atoms with Gasteiger partial charge in [0.1, 0.15) is 28.7 Å². The number of hydrogen-bond acceptors (Lipinski definition) is 7. The zero-order valence-electron chi connectivity index (χ0n) is 18.0. The average Bonchev–Trinajstić information content (AvgIpc) is 2.78. The summed E-state index contributed by atoms with van der Waals surface area (Å²) in [7, 11) is 0.0916. The normalized spacial score (nSPS) is 11.8. The number of alkyl halides is 3. The zero-order valence-corrected chi connectivity index (χ0v) is 18.9. The average molecular weight is 490 g/mol. The van der Waals surface area contributed by atoms with E-state index in [-0.39, 0.29) is 23.7 Å². The minimum absolute atomic E-state index is 0.213. The van der Waals surface area contributed by atoms with Gasteiger partial charge in [-0.2, -0.15) is 30.3 Å². The molecular formula is C20H21F3N2O7S. The Hall–Kier alpha value is -3.48. The van der Waals surface area contributed by atoms with Crippen LogP contribution in [0.5, 0.6) is 23.0 Å². The number of rotatable bonds is 9. The highest BCUT2D eigenvalue weighted by molar-refractivity contribution is 7.92. The molecule has 180 valence electrons. The maximum absolute atomic E-state index is 13.2. The van der Waals surface area contributed by atoms with Crippen molar-refractivity contribution in [2.24, 2.45) is 4.40 Å². The predicted octanol–water partition coefficient (Wildman–Crippen LogP) is 3.17. The van der Waals surface area contributed by atoms with Crippen molar-refractivity contribution in [2.45, 2.75) is 12.6 Å². The molecule has 2 aromatic rings. The number of anilines is 1. The summed E-state index contributed by atoms with van der Waals surface area (Å²) >= 11 is 0.